The number of carbonyl (C=O) groups excluding carboxylic acids is 2. The molecule has 1 fully saturated rings. The minimum absolute atomic E-state index is 0.0161. The van der Waals surface area contributed by atoms with E-state index >= 15 is 0 Å². The molecule has 0 bridgehead atoms. The molecule has 6 heteroatoms. The van der Waals surface area contributed by atoms with Crippen molar-refractivity contribution < 1.29 is 19.1 Å². The van der Waals surface area contributed by atoms with Crippen molar-refractivity contribution in [2.75, 3.05) is 33.4 Å². The molecular weight excluding hydrogens is 320 g/mol. The van der Waals surface area contributed by atoms with Gasteiger partial charge in [-0.1, -0.05) is 13.8 Å². The molecule has 1 aromatic rings. The van der Waals surface area contributed by atoms with Gasteiger partial charge >= 0.3 is 0 Å². The van der Waals surface area contributed by atoms with Crippen LogP contribution in [0.5, 0.6) is 11.5 Å². The summed E-state index contributed by atoms with van der Waals surface area (Å²) >= 11 is 0. The highest BCUT2D eigenvalue weighted by Crippen LogP contribution is 2.19. The van der Waals surface area contributed by atoms with Crippen LogP contribution >= 0.6 is 0 Å². The fourth-order valence-corrected chi connectivity index (χ4v) is 2.74. The first-order valence-corrected chi connectivity index (χ1v) is 8.82. The van der Waals surface area contributed by atoms with Crippen molar-refractivity contribution in [1.29, 1.82) is 0 Å². The summed E-state index contributed by atoms with van der Waals surface area (Å²) in [6, 6.07) is 7.31. The average molecular weight is 348 g/mol. The van der Waals surface area contributed by atoms with Crippen LogP contribution in [-0.2, 0) is 9.59 Å². The number of hydrogen-bond donors (Lipinski definition) is 1. The summed E-state index contributed by atoms with van der Waals surface area (Å²) in [5.74, 6) is 1.80. The number of amides is 2. The summed E-state index contributed by atoms with van der Waals surface area (Å²) in [4.78, 5) is 25.9. The third-order valence-electron chi connectivity index (χ3n) is 4.30. The van der Waals surface area contributed by atoms with E-state index in [0.29, 0.717) is 32.2 Å². The molecule has 0 spiro atoms. The average Bonchev–Trinajstić information content (AvgIpc) is 2.96. The second-order valence-corrected chi connectivity index (χ2v) is 6.74. The summed E-state index contributed by atoms with van der Waals surface area (Å²) in [6.45, 7) is 6.27. The first-order chi connectivity index (χ1) is 12.0. The summed E-state index contributed by atoms with van der Waals surface area (Å²) in [7, 11) is 1.62. The fraction of sp³-hybridized carbons (Fsp3) is 0.579. The highest BCUT2D eigenvalue weighted by molar-refractivity contribution is 5.89. The van der Waals surface area contributed by atoms with Crippen LogP contribution in [0.3, 0.4) is 0 Å². The van der Waals surface area contributed by atoms with Crippen LogP contribution in [0.15, 0.2) is 24.3 Å². The number of benzene rings is 1. The fourth-order valence-electron chi connectivity index (χ4n) is 2.74. The maximum Gasteiger partial charge on any atom is 0.225 e. The number of carbonyl (C=O) groups is 2. The van der Waals surface area contributed by atoms with Crippen molar-refractivity contribution in [3.05, 3.63) is 24.3 Å². The standard InChI is InChI=1S/C19H28N2O4/c1-14(2)8-9-20-19(23)15-12-18(22)21(13-15)10-11-25-17-6-4-16(24-3)5-7-17/h4-7,14-15H,8-13H2,1-3H3,(H,20,23). The largest absolute Gasteiger partial charge is 0.497 e. The Morgan fingerprint density at radius 2 is 1.96 bits per heavy atom. The summed E-state index contributed by atoms with van der Waals surface area (Å²) in [6.07, 6.45) is 1.24. The van der Waals surface area contributed by atoms with E-state index in [-0.39, 0.29) is 24.2 Å². The topological polar surface area (TPSA) is 67.9 Å². The summed E-state index contributed by atoms with van der Waals surface area (Å²) in [5, 5.41) is 2.93. The lowest BCUT2D eigenvalue weighted by atomic mass is 10.1. The van der Waals surface area contributed by atoms with Crippen LogP contribution in [0.25, 0.3) is 0 Å². The van der Waals surface area contributed by atoms with Gasteiger partial charge in [-0.15, -0.1) is 0 Å². The third-order valence-corrected chi connectivity index (χ3v) is 4.30. The Kier molecular flexibility index (Phi) is 7.10. The van der Waals surface area contributed by atoms with Crippen LogP contribution in [0.2, 0.25) is 0 Å². The number of ether oxygens (including phenoxy) is 2. The van der Waals surface area contributed by atoms with Gasteiger partial charge in [0, 0.05) is 19.5 Å². The molecule has 1 aromatic carbocycles. The second-order valence-electron chi connectivity index (χ2n) is 6.74. The first kappa shape index (κ1) is 19.1. The Labute approximate surface area is 149 Å². The minimum atomic E-state index is -0.249. The van der Waals surface area contributed by atoms with E-state index in [1.165, 1.54) is 0 Å². The lowest BCUT2D eigenvalue weighted by Gasteiger charge is -2.17. The van der Waals surface area contributed by atoms with Gasteiger partial charge in [0.05, 0.1) is 19.6 Å². The van der Waals surface area contributed by atoms with E-state index in [2.05, 4.69) is 19.2 Å². The van der Waals surface area contributed by atoms with Crippen molar-refractivity contribution in [3.63, 3.8) is 0 Å². The molecule has 0 radical (unpaired) electrons. The van der Waals surface area contributed by atoms with Gasteiger partial charge in [-0.2, -0.15) is 0 Å². The SMILES string of the molecule is COc1ccc(OCCN2CC(C(=O)NCCC(C)C)CC2=O)cc1. The predicted molar refractivity (Wildman–Crippen MR) is 95.6 cm³/mol. The third kappa shape index (κ3) is 5.96. The van der Waals surface area contributed by atoms with E-state index in [4.69, 9.17) is 9.47 Å². The van der Waals surface area contributed by atoms with E-state index in [1.807, 2.05) is 24.3 Å². The minimum Gasteiger partial charge on any atom is -0.497 e. The van der Waals surface area contributed by atoms with Gasteiger partial charge in [0.2, 0.25) is 11.8 Å². The molecule has 25 heavy (non-hydrogen) atoms. The molecule has 1 atom stereocenters. The maximum atomic E-state index is 12.1. The Hall–Kier alpha value is -2.24. The van der Waals surface area contributed by atoms with Crippen LogP contribution < -0.4 is 14.8 Å². The molecule has 1 unspecified atom stereocenters. The van der Waals surface area contributed by atoms with Crippen molar-refractivity contribution >= 4 is 11.8 Å². The number of nitrogens with one attached hydrogen (secondary N) is 1. The zero-order valence-corrected chi connectivity index (χ0v) is 15.3. The first-order valence-electron chi connectivity index (χ1n) is 8.82. The van der Waals surface area contributed by atoms with Gasteiger partial charge < -0.3 is 19.7 Å². The molecule has 2 amide bonds. The Morgan fingerprint density at radius 3 is 2.60 bits per heavy atom. The van der Waals surface area contributed by atoms with E-state index in [0.717, 1.165) is 17.9 Å². The highest BCUT2D eigenvalue weighted by atomic mass is 16.5. The van der Waals surface area contributed by atoms with Crippen LogP contribution in [0.4, 0.5) is 0 Å². The van der Waals surface area contributed by atoms with E-state index in [1.54, 1.807) is 12.0 Å². The van der Waals surface area contributed by atoms with Crippen LogP contribution in [-0.4, -0.2) is 50.1 Å². The highest BCUT2D eigenvalue weighted by Gasteiger charge is 2.33. The van der Waals surface area contributed by atoms with Gasteiger partial charge in [-0.3, -0.25) is 9.59 Å². The van der Waals surface area contributed by atoms with Crippen molar-refractivity contribution in [1.82, 2.24) is 10.2 Å². The Bertz CT molecular complexity index is 571. The number of likely N-dealkylation sites (tertiary alicyclic amines) is 1. The Balaban J connectivity index is 1.71. The van der Waals surface area contributed by atoms with Crippen molar-refractivity contribution in [3.8, 4) is 11.5 Å². The number of hydrogen-bond acceptors (Lipinski definition) is 4. The van der Waals surface area contributed by atoms with Crippen molar-refractivity contribution in [2.45, 2.75) is 26.7 Å². The second kappa shape index (κ2) is 9.30. The number of nitrogens with zero attached hydrogens (tertiary/aromatic N) is 1. The summed E-state index contributed by atoms with van der Waals surface area (Å²) < 4.78 is 10.8. The monoisotopic (exact) mass is 348 g/mol. The molecule has 0 aromatic heterocycles. The quantitative estimate of drug-likeness (QED) is 0.742. The lowest BCUT2D eigenvalue weighted by Crippen LogP contribution is -2.35. The van der Waals surface area contributed by atoms with Crippen molar-refractivity contribution in [2.24, 2.45) is 11.8 Å². The molecule has 0 saturated carbocycles. The smallest absolute Gasteiger partial charge is 0.225 e. The maximum absolute atomic E-state index is 12.1. The molecule has 1 saturated heterocycles. The normalized spacial score (nSPS) is 17.0. The van der Waals surface area contributed by atoms with Crippen LogP contribution in [0.1, 0.15) is 26.7 Å². The lowest BCUT2D eigenvalue weighted by molar-refractivity contribution is -0.129. The van der Waals surface area contributed by atoms with E-state index in [9.17, 15) is 9.59 Å². The van der Waals surface area contributed by atoms with Gasteiger partial charge in [-0.05, 0) is 36.6 Å². The predicted octanol–water partition coefficient (Wildman–Crippen LogP) is 2.08. The molecular formula is C19H28N2O4. The van der Waals surface area contributed by atoms with Crippen LogP contribution in [0, 0.1) is 11.8 Å². The zero-order valence-electron chi connectivity index (χ0n) is 15.3. The molecule has 2 rings (SSSR count). The van der Waals surface area contributed by atoms with Gasteiger partial charge in [-0.25, -0.2) is 0 Å². The molecule has 1 aliphatic heterocycles. The number of methoxy groups -OCH3 is 1. The molecule has 1 aliphatic rings. The molecule has 0 aliphatic carbocycles. The Morgan fingerprint density at radius 1 is 1.28 bits per heavy atom. The van der Waals surface area contributed by atoms with Gasteiger partial charge in [0.1, 0.15) is 18.1 Å². The zero-order chi connectivity index (χ0) is 18.2. The summed E-state index contributed by atoms with van der Waals surface area (Å²) in [5.41, 5.74) is 0. The molecule has 1 N–H and O–H groups in total. The van der Waals surface area contributed by atoms with E-state index < -0.39 is 0 Å². The number of rotatable bonds is 9. The molecule has 1 heterocycles. The van der Waals surface area contributed by atoms with Gasteiger partial charge in [0.25, 0.3) is 0 Å². The molecule has 138 valence electrons. The molecule has 6 nitrogen and oxygen atoms in total. The van der Waals surface area contributed by atoms with Gasteiger partial charge in [0.15, 0.2) is 0 Å².